The molecule has 0 unspecified atom stereocenters. The first-order valence-corrected chi connectivity index (χ1v) is 3.45. The van der Waals surface area contributed by atoms with Crippen LogP contribution in [-0.4, -0.2) is 11.1 Å². The van der Waals surface area contributed by atoms with Crippen LogP contribution < -0.4 is 0 Å². The molecule has 0 aromatic heterocycles. The van der Waals surface area contributed by atoms with Gasteiger partial charge in [-0.1, -0.05) is 19.8 Å². The summed E-state index contributed by atoms with van der Waals surface area (Å²) in [6, 6.07) is 0. The Morgan fingerprint density at radius 1 is 1.50 bits per heavy atom. The SMILES string of the molecule is CCC(C#CC(=O)O)CC. The third-order valence-electron chi connectivity index (χ3n) is 1.37. The summed E-state index contributed by atoms with van der Waals surface area (Å²) in [4.78, 5) is 9.96. The van der Waals surface area contributed by atoms with E-state index in [1.807, 2.05) is 13.8 Å². The lowest BCUT2D eigenvalue weighted by atomic mass is 10.1. The van der Waals surface area contributed by atoms with Crippen molar-refractivity contribution in [3.8, 4) is 11.8 Å². The zero-order chi connectivity index (χ0) is 7.98. The predicted molar refractivity (Wildman–Crippen MR) is 39.5 cm³/mol. The highest BCUT2D eigenvalue weighted by Crippen LogP contribution is 2.03. The Bertz CT molecular complexity index is 158. The molecule has 2 nitrogen and oxygen atoms in total. The zero-order valence-corrected chi connectivity index (χ0v) is 6.35. The summed E-state index contributed by atoms with van der Waals surface area (Å²) in [6.45, 7) is 4.01. The lowest BCUT2D eigenvalue weighted by Crippen LogP contribution is -1.94. The molecule has 0 bridgehead atoms. The molecule has 56 valence electrons. The smallest absolute Gasteiger partial charge is 0.381 e. The van der Waals surface area contributed by atoms with Crippen molar-refractivity contribution in [2.75, 3.05) is 0 Å². The van der Waals surface area contributed by atoms with E-state index >= 15 is 0 Å². The van der Waals surface area contributed by atoms with Gasteiger partial charge in [-0.15, -0.1) is 0 Å². The minimum atomic E-state index is -1.04. The number of rotatable bonds is 2. The summed E-state index contributed by atoms with van der Waals surface area (Å²) in [5.41, 5.74) is 0. The molecular weight excluding hydrogens is 128 g/mol. The molecular formula is C8H12O2. The largest absolute Gasteiger partial charge is 0.472 e. The maximum absolute atomic E-state index is 9.96. The van der Waals surface area contributed by atoms with Gasteiger partial charge in [-0.2, -0.15) is 0 Å². The fourth-order valence-electron chi connectivity index (χ4n) is 0.657. The summed E-state index contributed by atoms with van der Waals surface area (Å²) in [5.74, 6) is 3.99. The Kier molecular flexibility index (Phi) is 4.39. The van der Waals surface area contributed by atoms with Crippen molar-refractivity contribution in [2.45, 2.75) is 26.7 Å². The Hall–Kier alpha value is -0.970. The molecule has 0 aliphatic heterocycles. The van der Waals surface area contributed by atoms with E-state index in [0.29, 0.717) is 0 Å². The summed E-state index contributed by atoms with van der Waals surface area (Å²) in [7, 11) is 0. The van der Waals surface area contributed by atoms with Crippen molar-refractivity contribution >= 4 is 5.97 Å². The fraction of sp³-hybridized carbons (Fsp3) is 0.625. The maximum Gasteiger partial charge on any atom is 0.381 e. The van der Waals surface area contributed by atoms with Crippen LogP contribution in [0, 0.1) is 17.8 Å². The lowest BCUT2D eigenvalue weighted by molar-refractivity contribution is -0.130. The molecule has 1 N–H and O–H groups in total. The molecule has 0 aliphatic carbocycles. The van der Waals surface area contributed by atoms with Gasteiger partial charge in [0.15, 0.2) is 0 Å². The lowest BCUT2D eigenvalue weighted by Gasteiger charge is -1.99. The first-order chi connectivity index (χ1) is 4.70. The highest BCUT2D eigenvalue weighted by atomic mass is 16.4. The van der Waals surface area contributed by atoms with E-state index < -0.39 is 5.97 Å². The van der Waals surface area contributed by atoms with E-state index in [1.165, 1.54) is 0 Å². The summed E-state index contributed by atoms with van der Waals surface area (Å²) < 4.78 is 0. The van der Waals surface area contributed by atoms with Crippen LogP contribution in [0.1, 0.15) is 26.7 Å². The third-order valence-corrected chi connectivity index (χ3v) is 1.37. The standard InChI is InChI=1S/C8H12O2/c1-3-7(4-2)5-6-8(9)10/h7H,3-4H2,1-2H3,(H,9,10). The van der Waals surface area contributed by atoms with Crippen LogP contribution >= 0.6 is 0 Å². The molecule has 0 aliphatic rings. The first kappa shape index (κ1) is 9.03. The van der Waals surface area contributed by atoms with E-state index in [2.05, 4.69) is 11.8 Å². The van der Waals surface area contributed by atoms with Gasteiger partial charge in [0.2, 0.25) is 0 Å². The quantitative estimate of drug-likeness (QED) is 0.590. The molecule has 0 aromatic rings. The van der Waals surface area contributed by atoms with Gasteiger partial charge in [0.05, 0.1) is 0 Å². The molecule has 2 heteroatoms. The average Bonchev–Trinajstić information content (AvgIpc) is 1.90. The van der Waals surface area contributed by atoms with E-state index in [-0.39, 0.29) is 5.92 Å². The fourth-order valence-corrected chi connectivity index (χ4v) is 0.657. The van der Waals surface area contributed by atoms with Gasteiger partial charge in [-0.25, -0.2) is 4.79 Å². The number of hydrogen-bond acceptors (Lipinski definition) is 1. The van der Waals surface area contributed by atoms with Gasteiger partial charge in [-0.3, -0.25) is 0 Å². The summed E-state index contributed by atoms with van der Waals surface area (Å²) in [5, 5.41) is 8.18. The van der Waals surface area contributed by atoms with Gasteiger partial charge in [0, 0.05) is 11.8 Å². The highest BCUT2D eigenvalue weighted by Gasteiger charge is 1.96. The summed E-state index contributed by atoms with van der Waals surface area (Å²) >= 11 is 0. The molecule has 0 amide bonds. The minimum absolute atomic E-state index is 0.246. The monoisotopic (exact) mass is 140 g/mol. The zero-order valence-electron chi connectivity index (χ0n) is 6.35. The number of hydrogen-bond donors (Lipinski definition) is 1. The second kappa shape index (κ2) is 4.87. The van der Waals surface area contributed by atoms with E-state index in [1.54, 1.807) is 0 Å². The molecule has 0 saturated carbocycles. The number of carboxylic acids is 1. The molecule has 10 heavy (non-hydrogen) atoms. The van der Waals surface area contributed by atoms with Gasteiger partial charge in [0.1, 0.15) is 0 Å². The predicted octanol–water partition coefficient (Wildman–Crippen LogP) is 1.51. The molecule has 0 spiro atoms. The third kappa shape index (κ3) is 3.96. The normalized spacial score (nSPS) is 8.70. The van der Waals surface area contributed by atoms with Crippen LogP contribution in [-0.2, 0) is 4.79 Å². The van der Waals surface area contributed by atoms with Crippen LogP contribution in [0.25, 0.3) is 0 Å². The van der Waals surface area contributed by atoms with Crippen LogP contribution in [0.5, 0.6) is 0 Å². The van der Waals surface area contributed by atoms with Crippen molar-refractivity contribution in [1.29, 1.82) is 0 Å². The average molecular weight is 140 g/mol. The minimum Gasteiger partial charge on any atom is -0.472 e. The van der Waals surface area contributed by atoms with Crippen LogP contribution in [0.15, 0.2) is 0 Å². The second-order valence-corrected chi connectivity index (χ2v) is 2.09. The number of carbonyl (C=O) groups is 1. The van der Waals surface area contributed by atoms with E-state index in [0.717, 1.165) is 12.8 Å². The Morgan fingerprint density at radius 3 is 2.30 bits per heavy atom. The molecule has 0 fully saturated rings. The second-order valence-electron chi connectivity index (χ2n) is 2.09. The maximum atomic E-state index is 9.96. The van der Waals surface area contributed by atoms with Crippen molar-refractivity contribution in [3.63, 3.8) is 0 Å². The van der Waals surface area contributed by atoms with Gasteiger partial charge in [0.25, 0.3) is 0 Å². The molecule has 0 rings (SSSR count). The van der Waals surface area contributed by atoms with Crippen LogP contribution in [0.4, 0.5) is 0 Å². The van der Waals surface area contributed by atoms with E-state index in [4.69, 9.17) is 5.11 Å². The summed E-state index contributed by atoms with van der Waals surface area (Å²) in [6.07, 6.45) is 1.85. The Morgan fingerprint density at radius 2 is 2.00 bits per heavy atom. The Labute approximate surface area is 61.2 Å². The van der Waals surface area contributed by atoms with Crippen molar-refractivity contribution in [2.24, 2.45) is 5.92 Å². The Balaban J connectivity index is 3.86. The molecule has 0 aromatic carbocycles. The molecule has 0 saturated heterocycles. The van der Waals surface area contributed by atoms with Crippen LogP contribution in [0.2, 0.25) is 0 Å². The highest BCUT2D eigenvalue weighted by molar-refractivity contribution is 5.86. The van der Waals surface area contributed by atoms with E-state index in [9.17, 15) is 4.79 Å². The number of aliphatic carboxylic acids is 1. The van der Waals surface area contributed by atoms with Crippen molar-refractivity contribution < 1.29 is 9.90 Å². The van der Waals surface area contributed by atoms with Gasteiger partial charge < -0.3 is 5.11 Å². The molecule has 0 atom stereocenters. The van der Waals surface area contributed by atoms with Crippen molar-refractivity contribution in [3.05, 3.63) is 0 Å². The van der Waals surface area contributed by atoms with Gasteiger partial charge in [-0.05, 0) is 12.8 Å². The number of carboxylic acid groups (broad SMARTS) is 1. The van der Waals surface area contributed by atoms with Crippen molar-refractivity contribution in [1.82, 2.24) is 0 Å². The van der Waals surface area contributed by atoms with Crippen LogP contribution in [0.3, 0.4) is 0 Å². The molecule has 0 radical (unpaired) electrons. The first-order valence-electron chi connectivity index (χ1n) is 3.45. The topological polar surface area (TPSA) is 37.3 Å². The van der Waals surface area contributed by atoms with Gasteiger partial charge >= 0.3 is 5.97 Å². The molecule has 0 heterocycles.